The number of aryl methyl sites for hydroxylation is 1. The number of nitrogens with one attached hydrogen (secondary N) is 1. The van der Waals surface area contributed by atoms with Crippen LogP contribution in [0.1, 0.15) is 65.7 Å². The van der Waals surface area contributed by atoms with Gasteiger partial charge in [-0.3, -0.25) is 9.78 Å². The van der Waals surface area contributed by atoms with Gasteiger partial charge in [-0.15, -0.1) is 0 Å². The SMILES string of the molecule is C1CC1.Cc1cnc(C(=O)NCc2nc3cc(C(F)(F)F)ccc3n2C2CC2)cn1. The molecule has 0 spiro atoms. The van der Waals surface area contributed by atoms with Gasteiger partial charge in [0, 0.05) is 12.2 Å². The lowest BCUT2D eigenvalue weighted by molar-refractivity contribution is -0.137. The lowest BCUT2D eigenvalue weighted by Gasteiger charge is -2.09. The molecule has 0 atom stereocenters. The largest absolute Gasteiger partial charge is 0.416 e. The zero-order chi connectivity index (χ0) is 21.3. The second-order valence-electron chi connectivity index (χ2n) is 7.62. The molecule has 1 amide bonds. The molecule has 5 rings (SSSR count). The van der Waals surface area contributed by atoms with Crippen molar-refractivity contribution in [3.8, 4) is 0 Å². The summed E-state index contributed by atoms with van der Waals surface area (Å²) >= 11 is 0. The summed E-state index contributed by atoms with van der Waals surface area (Å²) in [5.74, 6) is 0.119. The van der Waals surface area contributed by atoms with Crippen molar-refractivity contribution in [2.45, 2.75) is 57.8 Å². The van der Waals surface area contributed by atoms with Crippen LogP contribution in [0.5, 0.6) is 0 Å². The van der Waals surface area contributed by atoms with E-state index in [4.69, 9.17) is 0 Å². The molecule has 0 saturated heterocycles. The molecular formula is C21H22F3N5O. The van der Waals surface area contributed by atoms with Gasteiger partial charge in [-0.2, -0.15) is 13.2 Å². The van der Waals surface area contributed by atoms with E-state index in [0.717, 1.165) is 25.0 Å². The van der Waals surface area contributed by atoms with Gasteiger partial charge in [-0.25, -0.2) is 9.97 Å². The molecule has 1 aromatic carbocycles. The quantitative estimate of drug-likeness (QED) is 0.674. The van der Waals surface area contributed by atoms with Crippen molar-refractivity contribution in [2.75, 3.05) is 0 Å². The van der Waals surface area contributed by atoms with Gasteiger partial charge in [0.15, 0.2) is 0 Å². The summed E-state index contributed by atoms with van der Waals surface area (Å²) in [6, 6.07) is 3.76. The van der Waals surface area contributed by atoms with Crippen LogP contribution in [-0.2, 0) is 12.7 Å². The first-order valence-corrected chi connectivity index (χ1v) is 9.98. The number of carbonyl (C=O) groups is 1. The van der Waals surface area contributed by atoms with Crippen molar-refractivity contribution in [2.24, 2.45) is 0 Å². The van der Waals surface area contributed by atoms with E-state index in [0.29, 0.717) is 17.0 Å². The Balaban J connectivity index is 0.000000667. The lowest BCUT2D eigenvalue weighted by Crippen LogP contribution is -2.25. The number of hydrogen-bond donors (Lipinski definition) is 1. The fourth-order valence-corrected chi connectivity index (χ4v) is 2.95. The Bertz CT molecular complexity index is 1050. The van der Waals surface area contributed by atoms with Crippen LogP contribution in [-0.4, -0.2) is 25.4 Å². The molecule has 0 radical (unpaired) electrons. The number of rotatable bonds is 4. The molecule has 0 unspecified atom stereocenters. The summed E-state index contributed by atoms with van der Waals surface area (Å²) in [6.45, 7) is 1.86. The standard InChI is InChI=1S/C18H16F3N5O.C3H6/c1-10-7-23-14(8-22-10)17(27)24-9-16-25-13-6-11(18(19,20)21)2-5-15(13)26(16)12-3-4-12;1-2-3-1/h2,5-8,12H,3-4,9H2,1H3,(H,24,27);1-3H2. The van der Waals surface area contributed by atoms with Gasteiger partial charge in [0.05, 0.1) is 35.0 Å². The van der Waals surface area contributed by atoms with Crippen molar-refractivity contribution < 1.29 is 18.0 Å². The molecule has 2 aliphatic carbocycles. The average molecular weight is 417 g/mol. The summed E-state index contributed by atoms with van der Waals surface area (Å²) in [5.41, 5.74) is 1.05. The number of aromatic nitrogens is 4. The van der Waals surface area contributed by atoms with E-state index in [-0.39, 0.29) is 23.8 Å². The summed E-state index contributed by atoms with van der Waals surface area (Å²) < 4.78 is 40.8. The van der Waals surface area contributed by atoms with E-state index in [2.05, 4.69) is 20.3 Å². The molecule has 2 fully saturated rings. The summed E-state index contributed by atoms with van der Waals surface area (Å²) in [7, 11) is 0. The fourth-order valence-electron chi connectivity index (χ4n) is 2.95. The maximum Gasteiger partial charge on any atom is 0.416 e. The molecule has 158 valence electrons. The number of amides is 1. The second kappa shape index (κ2) is 8.04. The first kappa shape index (κ1) is 20.3. The summed E-state index contributed by atoms with van der Waals surface area (Å²) in [6.07, 6.45) is 4.83. The number of halogens is 3. The molecule has 3 aromatic rings. The van der Waals surface area contributed by atoms with E-state index < -0.39 is 17.6 Å². The predicted molar refractivity (Wildman–Crippen MR) is 105 cm³/mol. The van der Waals surface area contributed by atoms with E-state index in [9.17, 15) is 18.0 Å². The van der Waals surface area contributed by atoms with Crippen LogP contribution in [0, 0.1) is 6.92 Å². The van der Waals surface area contributed by atoms with Crippen molar-refractivity contribution in [3.05, 3.63) is 53.4 Å². The van der Waals surface area contributed by atoms with E-state index >= 15 is 0 Å². The molecule has 2 aliphatic rings. The maximum atomic E-state index is 13.0. The lowest BCUT2D eigenvalue weighted by atomic mass is 10.2. The Hall–Kier alpha value is -2.97. The minimum Gasteiger partial charge on any atom is -0.343 e. The van der Waals surface area contributed by atoms with Gasteiger partial charge in [0.25, 0.3) is 5.91 Å². The molecule has 6 nitrogen and oxygen atoms in total. The van der Waals surface area contributed by atoms with Gasteiger partial charge >= 0.3 is 6.18 Å². The number of hydrogen-bond acceptors (Lipinski definition) is 4. The molecular weight excluding hydrogens is 395 g/mol. The molecule has 2 heterocycles. The number of imidazole rings is 1. The normalized spacial score (nSPS) is 15.5. The number of benzene rings is 1. The number of alkyl halides is 3. The first-order valence-electron chi connectivity index (χ1n) is 9.98. The number of carbonyl (C=O) groups excluding carboxylic acids is 1. The van der Waals surface area contributed by atoms with Crippen molar-refractivity contribution >= 4 is 16.9 Å². The molecule has 30 heavy (non-hydrogen) atoms. The Kier molecular flexibility index (Phi) is 5.44. The van der Waals surface area contributed by atoms with Crippen LogP contribution in [0.3, 0.4) is 0 Å². The molecule has 9 heteroatoms. The van der Waals surface area contributed by atoms with Crippen LogP contribution < -0.4 is 5.32 Å². The Morgan fingerprint density at radius 2 is 1.90 bits per heavy atom. The Labute approximate surface area is 171 Å². The smallest absolute Gasteiger partial charge is 0.343 e. The molecule has 0 bridgehead atoms. The third kappa shape index (κ3) is 4.77. The zero-order valence-corrected chi connectivity index (χ0v) is 16.5. The highest BCUT2D eigenvalue weighted by molar-refractivity contribution is 5.91. The molecule has 1 N–H and O–H groups in total. The highest BCUT2D eigenvalue weighted by Gasteiger charge is 2.33. The molecule has 2 aromatic heterocycles. The van der Waals surface area contributed by atoms with Gasteiger partial charge in [0.2, 0.25) is 0 Å². The van der Waals surface area contributed by atoms with Crippen molar-refractivity contribution in [1.29, 1.82) is 0 Å². The predicted octanol–water partition coefficient (Wildman–Crippen LogP) is 4.59. The zero-order valence-electron chi connectivity index (χ0n) is 16.5. The maximum absolute atomic E-state index is 13.0. The average Bonchev–Trinajstić information content (AvgIpc) is 3.61. The van der Waals surface area contributed by atoms with Gasteiger partial charge in [-0.05, 0) is 38.0 Å². The van der Waals surface area contributed by atoms with Crippen LogP contribution >= 0.6 is 0 Å². The van der Waals surface area contributed by atoms with Gasteiger partial charge in [-0.1, -0.05) is 19.3 Å². The second-order valence-corrected chi connectivity index (χ2v) is 7.62. The van der Waals surface area contributed by atoms with Crippen LogP contribution in [0.4, 0.5) is 13.2 Å². The minimum absolute atomic E-state index is 0.0981. The molecule has 0 aliphatic heterocycles. The monoisotopic (exact) mass is 417 g/mol. The summed E-state index contributed by atoms with van der Waals surface area (Å²) in [4.78, 5) is 24.6. The van der Waals surface area contributed by atoms with Gasteiger partial charge < -0.3 is 9.88 Å². The summed E-state index contributed by atoms with van der Waals surface area (Å²) in [5, 5.41) is 2.72. The van der Waals surface area contributed by atoms with E-state index in [1.165, 1.54) is 37.7 Å². The van der Waals surface area contributed by atoms with Crippen LogP contribution in [0.2, 0.25) is 0 Å². The Morgan fingerprint density at radius 3 is 2.47 bits per heavy atom. The van der Waals surface area contributed by atoms with Crippen molar-refractivity contribution in [3.63, 3.8) is 0 Å². The number of fused-ring (bicyclic) bond motifs is 1. The van der Waals surface area contributed by atoms with Crippen molar-refractivity contribution in [1.82, 2.24) is 24.8 Å². The fraction of sp³-hybridized carbons (Fsp3) is 0.429. The topological polar surface area (TPSA) is 72.7 Å². The Morgan fingerprint density at radius 1 is 1.17 bits per heavy atom. The third-order valence-corrected chi connectivity index (χ3v) is 4.78. The van der Waals surface area contributed by atoms with Crippen LogP contribution in [0.15, 0.2) is 30.6 Å². The highest BCUT2D eigenvalue weighted by Crippen LogP contribution is 2.40. The first-order chi connectivity index (χ1) is 14.3. The van der Waals surface area contributed by atoms with Crippen LogP contribution in [0.25, 0.3) is 11.0 Å². The third-order valence-electron chi connectivity index (χ3n) is 4.78. The van der Waals surface area contributed by atoms with E-state index in [1.807, 2.05) is 4.57 Å². The molecule has 2 saturated carbocycles. The van der Waals surface area contributed by atoms with E-state index in [1.54, 1.807) is 6.92 Å². The highest BCUT2D eigenvalue weighted by atomic mass is 19.4. The minimum atomic E-state index is -4.42. The van der Waals surface area contributed by atoms with Gasteiger partial charge in [0.1, 0.15) is 11.5 Å². The number of nitrogens with zero attached hydrogens (tertiary/aromatic N) is 4.